The molecule has 0 saturated heterocycles. The molecule has 6 heteroatoms. The minimum atomic E-state index is 0.123. The Morgan fingerprint density at radius 1 is 1.16 bits per heavy atom. The van der Waals surface area contributed by atoms with E-state index in [1.54, 1.807) is 0 Å². The van der Waals surface area contributed by atoms with Crippen molar-refractivity contribution < 1.29 is 4.74 Å². The monoisotopic (exact) mass is 278 g/mol. The Balaban J connectivity index is 1.81. The summed E-state index contributed by atoms with van der Waals surface area (Å²) in [5, 5.41) is 3.23. The van der Waals surface area contributed by atoms with Crippen LogP contribution >= 0.6 is 11.6 Å². The van der Waals surface area contributed by atoms with Gasteiger partial charge in [0.2, 0.25) is 11.2 Å². The molecular formula is C13H15ClN4O. The first-order chi connectivity index (χ1) is 9.28. The number of halogens is 1. The lowest BCUT2D eigenvalue weighted by Gasteiger charge is -2.06. The van der Waals surface area contributed by atoms with Crippen LogP contribution in [-0.4, -0.2) is 28.6 Å². The topological polar surface area (TPSA) is 59.9 Å². The van der Waals surface area contributed by atoms with E-state index in [9.17, 15) is 0 Å². The largest absolute Gasteiger partial charge is 0.467 e. The van der Waals surface area contributed by atoms with Gasteiger partial charge >= 0.3 is 6.01 Å². The highest BCUT2D eigenvalue weighted by Crippen LogP contribution is 2.11. The second-order valence-electron chi connectivity index (χ2n) is 3.93. The lowest BCUT2D eigenvalue weighted by atomic mass is 10.1. The molecule has 2 aromatic rings. The minimum Gasteiger partial charge on any atom is -0.467 e. The SMILES string of the molecule is COc1nc(Cl)nc(NCCCc2ccccc2)n1. The van der Waals surface area contributed by atoms with Crippen molar-refractivity contribution in [2.24, 2.45) is 0 Å². The van der Waals surface area contributed by atoms with Gasteiger partial charge in [0.1, 0.15) is 0 Å². The number of aromatic nitrogens is 3. The van der Waals surface area contributed by atoms with Crippen LogP contribution in [0.1, 0.15) is 12.0 Å². The van der Waals surface area contributed by atoms with E-state index < -0.39 is 0 Å². The fraction of sp³-hybridized carbons (Fsp3) is 0.308. The third-order valence-electron chi connectivity index (χ3n) is 2.54. The molecule has 0 aliphatic heterocycles. The molecule has 0 atom stereocenters. The molecule has 19 heavy (non-hydrogen) atoms. The molecule has 1 aromatic carbocycles. The molecular weight excluding hydrogens is 264 g/mol. The number of ether oxygens (including phenoxy) is 1. The summed E-state index contributed by atoms with van der Waals surface area (Å²) >= 11 is 5.76. The summed E-state index contributed by atoms with van der Waals surface area (Å²) in [4.78, 5) is 11.8. The molecule has 2 rings (SSSR count). The summed E-state index contributed by atoms with van der Waals surface area (Å²) < 4.78 is 4.92. The van der Waals surface area contributed by atoms with Crippen LogP contribution in [0.2, 0.25) is 5.28 Å². The van der Waals surface area contributed by atoms with Gasteiger partial charge in [-0.2, -0.15) is 15.0 Å². The highest BCUT2D eigenvalue weighted by molar-refractivity contribution is 6.28. The molecule has 0 spiro atoms. The first-order valence-electron chi connectivity index (χ1n) is 6.01. The molecule has 5 nitrogen and oxygen atoms in total. The molecule has 0 saturated carbocycles. The number of benzene rings is 1. The number of nitrogens with one attached hydrogen (secondary N) is 1. The third-order valence-corrected chi connectivity index (χ3v) is 2.71. The lowest BCUT2D eigenvalue weighted by Crippen LogP contribution is -2.08. The second-order valence-corrected chi connectivity index (χ2v) is 4.27. The van der Waals surface area contributed by atoms with E-state index in [1.165, 1.54) is 12.7 Å². The molecule has 0 aliphatic carbocycles. The molecule has 100 valence electrons. The van der Waals surface area contributed by atoms with Gasteiger partial charge in [-0.15, -0.1) is 0 Å². The highest BCUT2D eigenvalue weighted by atomic mass is 35.5. The number of methoxy groups -OCH3 is 1. The van der Waals surface area contributed by atoms with Crippen LogP contribution in [0.3, 0.4) is 0 Å². The van der Waals surface area contributed by atoms with E-state index in [4.69, 9.17) is 16.3 Å². The van der Waals surface area contributed by atoms with Crippen molar-refractivity contribution in [3.8, 4) is 6.01 Å². The second kappa shape index (κ2) is 6.89. The minimum absolute atomic E-state index is 0.123. The standard InChI is InChI=1S/C13H15ClN4O/c1-19-13-17-11(14)16-12(18-13)15-9-5-8-10-6-3-2-4-7-10/h2-4,6-7H,5,8-9H2,1H3,(H,15,16,17,18). The number of hydrogen-bond acceptors (Lipinski definition) is 5. The fourth-order valence-corrected chi connectivity index (χ4v) is 1.79. The molecule has 1 heterocycles. The van der Waals surface area contributed by atoms with Gasteiger partial charge in [0.05, 0.1) is 7.11 Å². The van der Waals surface area contributed by atoms with Crippen LogP contribution in [-0.2, 0) is 6.42 Å². The van der Waals surface area contributed by atoms with Crippen molar-refractivity contribution in [2.45, 2.75) is 12.8 Å². The summed E-state index contributed by atoms with van der Waals surface area (Å²) in [6.45, 7) is 0.762. The van der Waals surface area contributed by atoms with E-state index in [0.717, 1.165) is 19.4 Å². The Hall–Kier alpha value is -1.88. The first kappa shape index (κ1) is 13.5. The van der Waals surface area contributed by atoms with Gasteiger partial charge < -0.3 is 10.1 Å². The number of rotatable bonds is 6. The van der Waals surface area contributed by atoms with Crippen LogP contribution < -0.4 is 10.1 Å². The average Bonchev–Trinajstić information content (AvgIpc) is 2.44. The summed E-state index contributed by atoms with van der Waals surface area (Å²) in [6, 6.07) is 10.5. The van der Waals surface area contributed by atoms with Crippen LogP contribution in [0.4, 0.5) is 5.95 Å². The molecule has 0 amide bonds. The van der Waals surface area contributed by atoms with Gasteiger partial charge in [0, 0.05) is 6.54 Å². The fourth-order valence-electron chi connectivity index (χ4n) is 1.64. The molecule has 0 unspecified atom stereocenters. The van der Waals surface area contributed by atoms with Crippen molar-refractivity contribution in [2.75, 3.05) is 19.0 Å². The van der Waals surface area contributed by atoms with E-state index in [0.29, 0.717) is 5.95 Å². The zero-order chi connectivity index (χ0) is 13.5. The molecule has 0 fully saturated rings. The number of nitrogens with zero attached hydrogens (tertiary/aromatic N) is 3. The Morgan fingerprint density at radius 2 is 1.95 bits per heavy atom. The maximum Gasteiger partial charge on any atom is 0.322 e. The van der Waals surface area contributed by atoms with Crippen molar-refractivity contribution in [1.29, 1.82) is 0 Å². The Labute approximate surface area is 117 Å². The van der Waals surface area contributed by atoms with Crippen molar-refractivity contribution in [3.05, 3.63) is 41.2 Å². The van der Waals surface area contributed by atoms with Gasteiger partial charge in [0.25, 0.3) is 0 Å². The Morgan fingerprint density at radius 3 is 2.68 bits per heavy atom. The Bertz CT molecular complexity index is 521. The Kier molecular flexibility index (Phi) is 4.92. The maximum atomic E-state index is 5.76. The molecule has 0 bridgehead atoms. The normalized spacial score (nSPS) is 10.2. The van der Waals surface area contributed by atoms with Gasteiger partial charge in [-0.1, -0.05) is 30.3 Å². The van der Waals surface area contributed by atoms with Crippen LogP contribution in [0.5, 0.6) is 6.01 Å². The molecule has 1 aromatic heterocycles. The number of hydrogen-bond donors (Lipinski definition) is 1. The number of anilines is 1. The van der Waals surface area contributed by atoms with Crippen LogP contribution in [0, 0.1) is 0 Å². The van der Waals surface area contributed by atoms with Crippen LogP contribution in [0.25, 0.3) is 0 Å². The van der Waals surface area contributed by atoms with Crippen molar-refractivity contribution in [3.63, 3.8) is 0 Å². The molecule has 1 N–H and O–H groups in total. The summed E-state index contributed by atoms with van der Waals surface area (Å²) in [5.74, 6) is 0.435. The molecule has 0 aliphatic rings. The number of aryl methyl sites for hydroxylation is 1. The van der Waals surface area contributed by atoms with Gasteiger partial charge in [-0.3, -0.25) is 0 Å². The first-order valence-corrected chi connectivity index (χ1v) is 6.39. The lowest BCUT2D eigenvalue weighted by molar-refractivity contribution is 0.379. The van der Waals surface area contributed by atoms with Crippen molar-refractivity contribution in [1.82, 2.24) is 15.0 Å². The third kappa shape index (κ3) is 4.37. The van der Waals surface area contributed by atoms with Gasteiger partial charge in [-0.25, -0.2) is 0 Å². The van der Waals surface area contributed by atoms with E-state index in [-0.39, 0.29) is 11.3 Å². The van der Waals surface area contributed by atoms with E-state index in [2.05, 4.69) is 32.4 Å². The van der Waals surface area contributed by atoms with Crippen molar-refractivity contribution >= 4 is 17.5 Å². The zero-order valence-corrected chi connectivity index (χ0v) is 11.4. The highest BCUT2D eigenvalue weighted by Gasteiger charge is 2.04. The predicted molar refractivity (Wildman–Crippen MR) is 74.6 cm³/mol. The van der Waals surface area contributed by atoms with E-state index in [1.807, 2.05) is 18.2 Å². The quantitative estimate of drug-likeness (QED) is 0.823. The summed E-state index contributed by atoms with van der Waals surface area (Å²) in [7, 11) is 1.49. The zero-order valence-electron chi connectivity index (χ0n) is 10.6. The van der Waals surface area contributed by atoms with Crippen LogP contribution in [0.15, 0.2) is 30.3 Å². The summed E-state index contributed by atoms with van der Waals surface area (Å²) in [6.07, 6.45) is 1.99. The molecule has 0 radical (unpaired) electrons. The van der Waals surface area contributed by atoms with E-state index >= 15 is 0 Å². The summed E-state index contributed by atoms with van der Waals surface area (Å²) in [5.41, 5.74) is 1.32. The maximum absolute atomic E-state index is 5.76. The smallest absolute Gasteiger partial charge is 0.322 e. The average molecular weight is 279 g/mol. The van der Waals surface area contributed by atoms with Gasteiger partial charge in [0.15, 0.2) is 0 Å². The predicted octanol–water partition coefficient (Wildman–Crippen LogP) is 2.58. The van der Waals surface area contributed by atoms with Gasteiger partial charge in [-0.05, 0) is 30.0 Å².